The summed E-state index contributed by atoms with van der Waals surface area (Å²) in [5, 5.41) is 0. The summed E-state index contributed by atoms with van der Waals surface area (Å²) in [6.07, 6.45) is 0.0426. The SMILES string of the molecule is CCOc1ccc(C(=O)NNC(=O)CCOc2ccc(F)cc2)cc1. The van der Waals surface area contributed by atoms with Crippen LogP contribution in [-0.2, 0) is 4.79 Å². The molecule has 2 rings (SSSR count). The van der Waals surface area contributed by atoms with Gasteiger partial charge in [-0.3, -0.25) is 20.4 Å². The van der Waals surface area contributed by atoms with Crippen molar-refractivity contribution in [2.24, 2.45) is 0 Å². The number of ether oxygens (including phenoxy) is 2. The summed E-state index contributed by atoms with van der Waals surface area (Å²) in [6.45, 7) is 2.52. The quantitative estimate of drug-likeness (QED) is 0.755. The van der Waals surface area contributed by atoms with E-state index in [9.17, 15) is 14.0 Å². The van der Waals surface area contributed by atoms with Crippen LogP contribution in [0.15, 0.2) is 48.5 Å². The van der Waals surface area contributed by atoms with E-state index in [1.165, 1.54) is 24.3 Å². The zero-order chi connectivity index (χ0) is 18.1. The molecule has 2 aromatic rings. The first kappa shape index (κ1) is 18.3. The van der Waals surface area contributed by atoms with Crippen molar-refractivity contribution < 1.29 is 23.5 Å². The molecule has 2 aromatic carbocycles. The molecular weight excluding hydrogens is 327 g/mol. The third-order valence-electron chi connectivity index (χ3n) is 3.15. The highest BCUT2D eigenvalue weighted by atomic mass is 19.1. The second-order valence-electron chi connectivity index (χ2n) is 5.01. The molecule has 0 saturated carbocycles. The van der Waals surface area contributed by atoms with Crippen LogP contribution in [0.3, 0.4) is 0 Å². The van der Waals surface area contributed by atoms with Crippen LogP contribution in [0.25, 0.3) is 0 Å². The Balaban J connectivity index is 1.70. The van der Waals surface area contributed by atoms with Crippen LogP contribution < -0.4 is 20.3 Å². The first-order chi connectivity index (χ1) is 12.1. The Morgan fingerprint density at radius 2 is 1.52 bits per heavy atom. The lowest BCUT2D eigenvalue weighted by molar-refractivity contribution is -0.122. The van der Waals surface area contributed by atoms with Crippen LogP contribution >= 0.6 is 0 Å². The summed E-state index contributed by atoms with van der Waals surface area (Å²) in [6, 6.07) is 12.0. The molecule has 0 bridgehead atoms. The van der Waals surface area contributed by atoms with Crippen LogP contribution in [0.4, 0.5) is 4.39 Å². The van der Waals surface area contributed by atoms with Gasteiger partial charge >= 0.3 is 0 Å². The number of carbonyl (C=O) groups excluding carboxylic acids is 2. The lowest BCUT2D eigenvalue weighted by atomic mass is 10.2. The van der Waals surface area contributed by atoms with Gasteiger partial charge in [0.25, 0.3) is 5.91 Å². The molecule has 0 aliphatic rings. The second-order valence-corrected chi connectivity index (χ2v) is 5.01. The number of carbonyl (C=O) groups is 2. The second kappa shape index (κ2) is 9.27. The third kappa shape index (κ3) is 6.14. The van der Waals surface area contributed by atoms with Gasteiger partial charge in [-0.05, 0) is 55.5 Å². The maximum atomic E-state index is 12.7. The van der Waals surface area contributed by atoms with Crippen molar-refractivity contribution in [3.05, 3.63) is 59.9 Å². The van der Waals surface area contributed by atoms with Crippen LogP contribution in [0.1, 0.15) is 23.7 Å². The average Bonchev–Trinajstić information content (AvgIpc) is 2.62. The Hall–Kier alpha value is -3.09. The fourth-order valence-electron chi connectivity index (χ4n) is 1.92. The van der Waals surface area contributed by atoms with Crippen LogP contribution in [-0.4, -0.2) is 25.0 Å². The minimum atomic E-state index is -0.434. The number of halogens is 1. The molecule has 6 nitrogen and oxygen atoms in total. The molecule has 0 spiro atoms. The van der Waals surface area contributed by atoms with Crippen molar-refractivity contribution in [1.29, 1.82) is 0 Å². The molecule has 132 valence electrons. The van der Waals surface area contributed by atoms with Crippen LogP contribution in [0, 0.1) is 5.82 Å². The van der Waals surface area contributed by atoms with Crippen LogP contribution in [0.2, 0.25) is 0 Å². The van der Waals surface area contributed by atoms with Gasteiger partial charge in [-0.15, -0.1) is 0 Å². The Labute approximate surface area is 144 Å². The Morgan fingerprint density at radius 3 is 2.16 bits per heavy atom. The van der Waals surface area contributed by atoms with Crippen molar-refractivity contribution in [1.82, 2.24) is 10.9 Å². The first-order valence-electron chi connectivity index (χ1n) is 7.79. The topological polar surface area (TPSA) is 76.7 Å². The monoisotopic (exact) mass is 346 g/mol. The highest BCUT2D eigenvalue weighted by molar-refractivity contribution is 5.95. The summed E-state index contributed by atoms with van der Waals surface area (Å²) in [4.78, 5) is 23.6. The fourth-order valence-corrected chi connectivity index (χ4v) is 1.92. The van der Waals surface area contributed by atoms with Gasteiger partial charge in [-0.25, -0.2) is 4.39 Å². The van der Waals surface area contributed by atoms with E-state index in [1.54, 1.807) is 24.3 Å². The molecule has 0 saturated heterocycles. The van der Waals surface area contributed by atoms with Crippen molar-refractivity contribution in [2.45, 2.75) is 13.3 Å². The summed E-state index contributed by atoms with van der Waals surface area (Å²) in [5.74, 6) is -0.0620. The Morgan fingerprint density at radius 1 is 0.920 bits per heavy atom. The molecule has 7 heteroatoms. The standard InChI is InChI=1S/C18H19FN2O4/c1-2-24-15-7-3-13(4-8-15)18(23)21-20-17(22)11-12-25-16-9-5-14(19)6-10-16/h3-10H,2,11-12H2,1H3,(H,20,22)(H,21,23). The van der Waals surface area contributed by atoms with Gasteiger partial charge in [-0.1, -0.05) is 0 Å². The molecule has 2 N–H and O–H groups in total. The predicted molar refractivity (Wildman–Crippen MR) is 89.7 cm³/mol. The summed E-state index contributed by atoms with van der Waals surface area (Å²) >= 11 is 0. The van der Waals surface area contributed by atoms with Crippen molar-refractivity contribution in [3.63, 3.8) is 0 Å². The summed E-state index contributed by atoms with van der Waals surface area (Å²) in [7, 11) is 0. The van der Waals surface area contributed by atoms with Gasteiger partial charge in [0.05, 0.1) is 19.6 Å². The van der Waals surface area contributed by atoms with E-state index in [4.69, 9.17) is 9.47 Å². The zero-order valence-corrected chi connectivity index (χ0v) is 13.8. The van der Waals surface area contributed by atoms with E-state index in [0.717, 1.165) is 0 Å². The molecular formula is C18H19FN2O4. The molecule has 0 aliphatic carbocycles. The van der Waals surface area contributed by atoms with Gasteiger partial charge in [0.2, 0.25) is 5.91 Å². The van der Waals surface area contributed by atoms with Crippen molar-refractivity contribution >= 4 is 11.8 Å². The normalized spacial score (nSPS) is 10.0. The summed E-state index contributed by atoms with van der Waals surface area (Å²) in [5.41, 5.74) is 5.02. The fraction of sp³-hybridized carbons (Fsp3) is 0.222. The van der Waals surface area contributed by atoms with E-state index in [2.05, 4.69) is 10.9 Å². The summed E-state index contributed by atoms with van der Waals surface area (Å²) < 4.78 is 23.3. The largest absolute Gasteiger partial charge is 0.494 e. The minimum absolute atomic E-state index is 0.0426. The van der Waals surface area contributed by atoms with Gasteiger partial charge in [-0.2, -0.15) is 0 Å². The number of benzene rings is 2. The number of nitrogens with one attached hydrogen (secondary N) is 2. The maximum Gasteiger partial charge on any atom is 0.269 e. The van der Waals surface area contributed by atoms with Crippen molar-refractivity contribution in [2.75, 3.05) is 13.2 Å². The van der Waals surface area contributed by atoms with Gasteiger partial charge in [0.1, 0.15) is 17.3 Å². The number of hydrogen-bond donors (Lipinski definition) is 2. The van der Waals surface area contributed by atoms with Gasteiger partial charge < -0.3 is 9.47 Å². The smallest absolute Gasteiger partial charge is 0.269 e. The molecule has 0 aromatic heterocycles. The van der Waals surface area contributed by atoms with Gasteiger partial charge in [0.15, 0.2) is 0 Å². The lowest BCUT2D eigenvalue weighted by Crippen LogP contribution is -2.42. The number of hydrogen-bond acceptors (Lipinski definition) is 4. The third-order valence-corrected chi connectivity index (χ3v) is 3.15. The highest BCUT2D eigenvalue weighted by Gasteiger charge is 2.08. The average molecular weight is 346 g/mol. The molecule has 0 unspecified atom stereocenters. The maximum absolute atomic E-state index is 12.7. The Kier molecular flexibility index (Phi) is 6.76. The molecule has 0 radical (unpaired) electrons. The highest BCUT2D eigenvalue weighted by Crippen LogP contribution is 2.12. The first-order valence-corrected chi connectivity index (χ1v) is 7.79. The van der Waals surface area contributed by atoms with Crippen LogP contribution in [0.5, 0.6) is 11.5 Å². The molecule has 25 heavy (non-hydrogen) atoms. The van der Waals surface area contributed by atoms with E-state index in [0.29, 0.717) is 23.7 Å². The minimum Gasteiger partial charge on any atom is -0.494 e. The number of hydrazine groups is 1. The van der Waals surface area contributed by atoms with Crippen molar-refractivity contribution in [3.8, 4) is 11.5 Å². The van der Waals surface area contributed by atoms with E-state index in [-0.39, 0.29) is 18.8 Å². The molecule has 0 aliphatic heterocycles. The Bertz CT molecular complexity index is 702. The molecule has 0 fully saturated rings. The zero-order valence-electron chi connectivity index (χ0n) is 13.8. The predicted octanol–water partition coefficient (Wildman–Crippen LogP) is 2.45. The lowest BCUT2D eigenvalue weighted by Gasteiger charge is -2.09. The molecule has 0 atom stereocenters. The van der Waals surface area contributed by atoms with Gasteiger partial charge in [0, 0.05) is 5.56 Å². The van der Waals surface area contributed by atoms with E-state index < -0.39 is 11.8 Å². The molecule has 2 amide bonds. The number of amides is 2. The van der Waals surface area contributed by atoms with E-state index >= 15 is 0 Å². The number of rotatable bonds is 7. The molecule has 0 heterocycles. The van der Waals surface area contributed by atoms with E-state index in [1.807, 2.05) is 6.92 Å².